The van der Waals surface area contributed by atoms with Crippen molar-refractivity contribution in [2.75, 3.05) is 0 Å². The van der Waals surface area contributed by atoms with E-state index in [0.29, 0.717) is 0 Å². The molecule has 0 heterocycles. The zero-order valence-electron chi connectivity index (χ0n) is 16.8. The van der Waals surface area contributed by atoms with Crippen LogP contribution >= 0.6 is 12.6 Å². The van der Waals surface area contributed by atoms with Gasteiger partial charge in [0, 0.05) is 4.90 Å². The molecule has 146 valence electrons. The Labute approximate surface area is 173 Å². The smallest absolute Gasteiger partial charge is 0.127 e. The number of benzene rings is 3. The maximum atomic E-state index is 6.16. The number of hydrogen-bond donors (Lipinski definition) is 1. The second-order valence-electron chi connectivity index (χ2n) is 7.32. The molecule has 0 spiro atoms. The molecule has 0 bridgehead atoms. The van der Waals surface area contributed by atoms with E-state index in [1.54, 1.807) is 0 Å². The number of hydrogen-bond acceptors (Lipinski definition) is 3. The largest absolute Gasteiger partial charge is 0.488 e. The molecular weight excluding hydrogens is 364 g/mol. The van der Waals surface area contributed by atoms with Gasteiger partial charge in [0.25, 0.3) is 0 Å². The Morgan fingerprint density at radius 3 is 1.57 bits per heavy atom. The van der Waals surface area contributed by atoms with Crippen LogP contribution in [0.2, 0.25) is 0 Å². The molecule has 0 fully saturated rings. The van der Waals surface area contributed by atoms with Crippen molar-refractivity contribution in [2.45, 2.75) is 50.5 Å². The van der Waals surface area contributed by atoms with Gasteiger partial charge in [-0.15, -0.1) is 12.6 Å². The molecule has 0 radical (unpaired) electrons. The molecule has 0 saturated heterocycles. The average molecular weight is 393 g/mol. The number of rotatable bonds is 8. The van der Waals surface area contributed by atoms with Gasteiger partial charge >= 0.3 is 0 Å². The number of thiol groups is 1. The van der Waals surface area contributed by atoms with Crippen molar-refractivity contribution in [2.24, 2.45) is 0 Å². The Bertz CT molecular complexity index is 864. The van der Waals surface area contributed by atoms with Crippen LogP contribution in [0.25, 0.3) is 0 Å². The second-order valence-corrected chi connectivity index (χ2v) is 7.84. The maximum Gasteiger partial charge on any atom is 0.127 e. The Kier molecular flexibility index (Phi) is 6.69. The zero-order chi connectivity index (χ0) is 20.0. The van der Waals surface area contributed by atoms with Crippen molar-refractivity contribution in [3.63, 3.8) is 0 Å². The lowest BCUT2D eigenvalue weighted by molar-refractivity contribution is 0.0803. The highest BCUT2D eigenvalue weighted by Crippen LogP contribution is 2.26. The standard InChI is InChI=1S/C25H28O2S/c1-4-25(3,5-2)27-23-12-8-20(9-13-23)18-19-6-10-21(11-7-19)26-22-14-16-24(28)17-15-22/h6-17,28H,4-5,18H2,1-3H3. The summed E-state index contributed by atoms with van der Waals surface area (Å²) in [6.45, 7) is 6.50. The maximum absolute atomic E-state index is 6.16. The van der Waals surface area contributed by atoms with Crippen LogP contribution < -0.4 is 9.47 Å². The first kappa shape index (κ1) is 20.3. The van der Waals surface area contributed by atoms with Gasteiger partial charge in [-0.25, -0.2) is 0 Å². The molecule has 28 heavy (non-hydrogen) atoms. The van der Waals surface area contributed by atoms with Crippen molar-refractivity contribution >= 4 is 12.6 Å². The van der Waals surface area contributed by atoms with E-state index in [9.17, 15) is 0 Å². The average Bonchev–Trinajstić information content (AvgIpc) is 2.72. The SMILES string of the molecule is CCC(C)(CC)Oc1ccc(Cc2ccc(Oc3ccc(S)cc3)cc2)cc1. The van der Waals surface area contributed by atoms with Gasteiger partial charge in [-0.05, 0) is 85.8 Å². The molecule has 3 rings (SSSR count). The predicted molar refractivity (Wildman–Crippen MR) is 119 cm³/mol. The van der Waals surface area contributed by atoms with Gasteiger partial charge in [0.1, 0.15) is 22.8 Å². The van der Waals surface area contributed by atoms with Crippen LogP contribution in [-0.4, -0.2) is 5.60 Å². The van der Waals surface area contributed by atoms with Crippen LogP contribution in [0.1, 0.15) is 44.7 Å². The van der Waals surface area contributed by atoms with Gasteiger partial charge in [0.05, 0.1) is 0 Å². The van der Waals surface area contributed by atoms with E-state index in [4.69, 9.17) is 9.47 Å². The van der Waals surface area contributed by atoms with Gasteiger partial charge in [-0.2, -0.15) is 0 Å². The minimum absolute atomic E-state index is 0.0927. The fourth-order valence-electron chi connectivity index (χ4n) is 2.92. The molecule has 0 amide bonds. The van der Waals surface area contributed by atoms with Crippen molar-refractivity contribution in [1.29, 1.82) is 0 Å². The molecule has 2 nitrogen and oxygen atoms in total. The van der Waals surface area contributed by atoms with E-state index in [2.05, 4.69) is 69.8 Å². The highest BCUT2D eigenvalue weighted by atomic mass is 32.1. The summed E-state index contributed by atoms with van der Waals surface area (Å²) in [5, 5.41) is 0. The molecule has 0 aliphatic rings. The molecular formula is C25H28O2S. The monoisotopic (exact) mass is 392 g/mol. The van der Waals surface area contributed by atoms with Gasteiger partial charge in [-0.1, -0.05) is 38.1 Å². The first-order chi connectivity index (χ1) is 13.5. The molecule has 0 atom stereocenters. The molecule has 3 aromatic carbocycles. The zero-order valence-corrected chi connectivity index (χ0v) is 17.7. The third kappa shape index (κ3) is 5.56. The van der Waals surface area contributed by atoms with E-state index >= 15 is 0 Å². The van der Waals surface area contributed by atoms with E-state index in [1.807, 2.05) is 36.4 Å². The highest BCUT2D eigenvalue weighted by molar-refractivity contribution is 7.80. The van der Waals surface area contributed by atoms with Gasteiger partial charge in [-0.3, -0.25) is 0 Å². The van der Waals surface area contributed by atoms with E-state index in [-0.39, 0.29) is 5.60 Å². The molecule has 0 aliphatic carbocycles. The van der Waals surface area contributed by atoms with Crippen LogP contribution in [0.5, 0.6) is 17.2 Å². The lowest BCUT2D eigenvalue weighted by Crippen LogP contribution is -2.30. The van der Waals surface area contributed by atoms with Crippen LogP contribution in [0.4, 0.5) is 0 Å². The van der Waals surface area contributed by atoms with Crippen molar-refractivity contribution in [3.8, 4) is 17.2 Å². The fraction of sp³-hybridized carbons (Fsp3) is 0.280. The summed E-state index contributed by atoms with van der Waals surface area (Å²) in [5.41, 5.74) is 2.42. The first-order valence-corrected chi connectivity index (χ1v) is 10.3. The lowest BCUT2D eigenvalue weighted by Gasteiger charge is -2.28. The summed E-state index contributed by atoms with van der Waals surface area (Å²) in [6, 6.07) is 24.3. The van der Waals surface area contributed by atoms with Crippen LogP contribution in [0.3, 0.4) is 0 Å². The van der Waals surface area contributed by atoms with Crippen LogP contribution in [-0.2, 0) is 6.42 Å². The van der Waals surface area contributed by atoms with Crippen LogP contribution in [0, 0.1) is 0 Å². The fourth-order valence-corrected chi connectivity index (χ4v) is 3.06. The second kappa shape index (κ2) is 9.20. The van der Waals surface area contributed by atoms with E-state index in [0.717, 1.165) is 41.4 Å². The molecule has 0 unspecified atom stereocenters. The molecule has 3 heteroatoms. The van der Waals surface area contributed by atoms with Crippen LogP contribution in [0.15, 0.2) is 77.7 Å². The van der Waals surface area contributed by atoms with E-state index in [1.165, 1.54) is 11.1 Å². The van der Waals surface area contributed by atoms with Crippen molar-refractivity contribution < 1.29 is 9.47 Å². The molecule has 0 N–H and O–H groups in total. The Hall–Kier alpha value is -2.39. The Balaban J connectivity index is 1.60. The summed E-state index contributed by atoms with van der Waals surface area (Å²) in [4.78, 5) is 0.924. The van der Waals surface area contributed by atoms with Crippen molar-refractivity contribution in [3.05, 3.63) is 83.9 Å². The number of ether oxygens (including phenoxy) is 2. The normalized spacial score (nSPS) is 11.3. The first-order valence-electron chi connectivity index (χ1n) is 9.83. The minimum Gasteiger partial charge on any atom is -0.488 e. The third-order valence-electron chi connectivity index (χ3n) is 5.19. The molecule has 0 aromatic heterocycles. The summed E-state index contributed by atoms with van der Waals surface area (Å²) in [5.74, 6) is 2.58. The van der Waals surface area contributed by atoms with Gasteiger partial charge in [0.15, 0.2) is 0 Å². The van der Waals surface area contributed by atoms with Crippen molar-refractivity contribution in [1.82, 2.24) is 0 Å². The summed E-state index contributed by atoms with van der Waals surface area (Å²) < 4.78 is 12.0. The Morgan fingerprint density at radius 1 is 0.679 bits per heavy atom. The third-order valence-corrected chi connectivity index (χ3v) is 5.49. The summed E-state index contributed by atoms with van der Waals surface area (Å²) >= 11 is 4.29. The van der Waals surface area contributed by atoms with E-state index < -0.39 is 0 Å². The predicted octanol–water partition coefficient (Wildman–Crippen LogP) is 7.32. The van der Waals surface area contributed by atoms with Gasteiger partial charge < -0.3 is 9.47 Å². The Morgan fingerprint density at radius 2 is 1.11 bits per heavy atom. The topological polar surface area (TPSA) is 18.5 Å². The molecule has 0 saturated carbocycles. The lowest BCUT2D eigenvalue weighted by atomic mass is 10.00. The summed E-state index contributed by atoms with van der Waals surface area (Å²) in [6.07, 6.45) is 2.88. The van der Waals surface area contributed by atoms with Gasteiger partial charge in [0.2, 0.25) is 0 Å². The quantitative estimate of drug-likeness (QED) is 0.405. The molecule has 0 aliphatic heterocycles. The summed E-state index contributed by atoms with van der Waals surface area (Å²) in [7, 11) is 0. The highest BCUT2D eigenvalue weighted by Gasteiger charge is 2.21. The molecule has 3 aromatic rings. The minimum atomic E-state index is -0.0927.